The molecule has 0 bridgehead atoms. The van der Waals surface area contributed by atoms with Gasteiger partial charge in [-0.25, -0.2) is 4.98 Å². The van der Waals surface area contributed by atoms with Crippen LogP contribution in [0.4, 0.5) is 5.13 Å². The van der Waals surface area contributed by atoms with Gasteiger partial charge >= 0.3 is 0 Å². The molecule has 5 nitrogen and oxygen atoms in total. The number of anilines is 1. The Morgan fingerprint density at radius 3 is 2.77 bits per heavy atom. The molecule has 26 heavy (non-hydrogen) atoms. The molecule has 138 valence electrons. The molecule has 1 aromatic carbocycles. The third-order valence-corrected chi connectivity index (χ3v) is 5.81. The average Bonchev–Trinajstić information content (AvgIpc) is 2.97. The number of hydrogen-bond donors (Lipinski definition) is 1. The number of hydrogen-bond acceptors (Lipinski definition) is 4. The van der Waals surface area contributed by atoms with Crippen LogP contribution in [0.15, 0.2) is 18.2 Å². The van der Waals surface area contributed by atoms with Crippen LogP contribution in [0, 0.1) is 5.92 Å². The molecule has 0 saturated heterocycles. The van der Waals surface area contributed by atoms with Gasteiger partial charge in [0, 0.05) is 29.8 Å². The Kier molecular flexibility index (Phi) is 5.85. The van der Waals surface area contributed by atoms with E-state index in [1.807, 2.05) is 18.7 Å². The summed E-state index contributed by atoms with van der Waals surface area (Å²) in [6.45, 7) is 5.30. The Labute approximate surface area is 166 Å². The molecule has 2 aromatic rings. The minimum absolute atomic E-state index is 0.167. The van der Waals surface area contributed by atoms with Crippen molar-refractivity contribution in [3.63, 3.8) is 0 Å². The van der Waals surface area contributed by atoms with E-state index in [9.17, 15) is 9.59 Å². The molecule has 0 aliphatic carbocycles. The SMILES string of the molecule is CC(C)CC(=O)N1CCc2nc(NC(=O)c3ccc(Cl)c(Cl)c3)sc2C1. The van der Waals surface area contributed by atoms with Gasteiger partial charge in [0.1, 0.15) is 0 Å². The van der Waals surface area contributed by atoms with E-state index in [0.717, 1.165) is 10.6 Å². The molecule has 2 heterocycles. The lowest BCUT2D eigenvalue weighted by Crippen LogP contribution is -2.36. The van der Waals surface area contributed by atoms with Crippen molar-refractivity contribution in [2.75, 3.05) is 11.9 Å². The van der Waals surface area contributed by atoms with Crippen LogP contribution < -0.4 is 5.32 Å². The fourth-order valence-corrected chi connectivity index (χ4v) is 4.06. The van der Waals surface area contributed by atoms with Crippen molar-refractivity contribution >= 4 is 51.5 Å². The first-order chi connectivity index (χ1) is 12.3. The van der Waals surface area contributed by atoms with Gasteiger partial charge in [0.2, 0.25) is 5.91 Å². The van der Waals surface area contributed by atoms with Crippen LogP contribution in [-0.4, -0.2) is 28.2 Å². The smallest absolute Gasteiger partial charge is 0.257 e. The summed E-state index contributed by atoms with van der Waals surface area (Å²) in [6, 6.07) is 4.73. The number of carbonyl (C=O) groups excluding carboxylic acids is 2. The Bertz CT molecular complexity index is 851. The highest BCUT2D eigenvalue weighted by Crippen LogP contribution is 2.29. The van der Waals surface area contributed by atoms with E-state index in [0.29, 0.717) is 52.6 Å². The van der Waals surface area contributed by atoms with Crippen LogP contribution in [0.1, 0.15) is 41.2 Å². The number of fused-ring (bicyclic) bond motifs is 1. The first-order valence-electron chi connectivity index (χ1n) is 8.36. The lowest BCUT2D eigenvalue weighted by Gasteiger charge is -2.26. The number of carbonyl (C=O) groups is 2. The summed E-state index contributed by atoms with van der Waals surface area (Å²) in [6.07, 6.45) is 1.26. The van der Waals surface area contributed by atoms with Gasteiger partial charge in [-0.2, -0.15) is 0 Å². The second-order valence-electron chi connectivity index (χ2n) is 6.64. The van der Waals surface area contributed by atoms with Gasteiger partial charge in [0.15, 0.2) is 5.13 Å². The normalized spacial score (nSPS) is 13.7. The van der Waals surface area contributed by atoms with Crippen molar-refractivity contribution < 1.29 is 9.59 Å². The van der Waals surface area contributed by atoms with Crippen LogP contribution in [-0.2, 0) is 17.8 Å². The van der Waals surface area contributed by atoms with Gasteiger partial charge in [-0.15, -0.1) is 0 Å². The minimum atomic E-state index is -0.289. The maximum absolute atomic E-state index is 12.4. The highest BCUT2D eigenvalue weighted by Gasteiger charge is 2.25. The van der Waals surface area contributed by atoms with Gasteiger partial charge in [-0.05, 0) is 24.1 Å². The highest BCUT2D eigenvalue weighted by molar-refractivity contribution is 7.15. The number of thiazole rings is 1. The van der Waals surface area contributed by atoms with Crippen LogP contribution in [0.3, 0.4) is 0 Å². The number of nitrogens with one attached hydrogen (secondary N) is 1. The van der Waals surface area contributed by atoms with Crippen LogP contribution >= 0.6 is 34.5 Å². The molecule has 0 atom stereocenters. The fraction of sp³-hybridized carbons (Fsp3) is 0.389. The molecule has 1 aliphatic rings. The van der Waals surface area contributed by atoms with Crippen molar-refractivity contribution in [2.45, 2.75) is 33.2 Å². The molecule has 8 heteroatoms. The third-order valence-electron chi connectivity index (χ3n) is 4.07. The van der Waals surface area contributed by atoms with Gasteiger partial charge in [0.25, 0.3) is 5.91 Å². The minimum Gasteiger partial charge on any atom is -0.337 e. The zero-order chi connectivity index (χ0) is 18.8. The Balaban J connectivity index is 1.69. The van der Waals surface area contributed by atoms with E-state index >= 15 is 0 Å². The second-order valence-corrected chi connectivity index (χ2v) is 8.53. The summed E-state index contributed by atoms with van der Waals surface area (Å²) in [5.74, 6) is 0.217. The van der Waals surface area contributed by atoms with E-state index in [2.05, 4.69) is 10.3 Å². The van der Waals surface area contributed by atoms with Gasteiger partial charge in [-0.1, -0.05) is 48.4 Å². The maximum atomic E-state index is 12.4. The zero-order valence-electron chi connectivity index (χ0n) is 14.5. The number of rotatable bonds is 4. The fourth-order valence-electron chi connectivity index (χ4n) is 2.75. The second kappa shape index (κ2) is 7.94. The lowest BCUT2D eigenvalue weighted by atomic mass is 10.1. The summed E-state index contributed by atoms with van der Waals surface area (Å²) < 4.78 is 0. The average molecular weight is 412 g/mol. The summed E-state index contributed by atoms with van der Waals surface area (Å²) in [7, 11) is 0. The third kappa shape index (κ3) is 4.37. The first kappa shape index (κ1) is 19.1. The molecular formula is C18H19Cl2N3O2S. The summed E-state index contributed by atoms with van der Waals surface area (Å²) in [5.41, 5.74) is 1.37. The highest BCUT2D eigenvalue weighted by atomic mass is 35.5. The number of halogens is 2. The number of nitrogens with zero attached hydrogens (tertiary/aromatic N) is 2. The van der Waals surface area contributed by atoms with E-state index in [1.165, 1.54) is 17.4 Å². The van der Waals surface area contributed by atoms with Gasteiger partial charge in [0.05, 0.1) is 22.3 Å². The predicted octanol–water partition coefficient (Wildman–Crippen LogP) is 4.63. The van der Waals surface area contributed by atoms with Crippen molar-refractivity contribution in [1.82, 2.24) is 9.88 Å². The summed E-state index contributed by atoms with van der Waals surface area (Å²) >= 11 is 13.3. The molecule has 0 unspecified atom stereocenters. The topological polar surface area (TPSA) is 62.3 Å². The quantitative estimate of drug-likeness (QED) is 0.796. The molecule has 1 aromatic heterocycles. The zero-order valence-corrected chi connectivity index (χ0v) is 16.8. The maximum Gasteiger partial charge on any atom is 0.257 e. The molecule has 0 radical (unpaired) electrons. The van der Waals surface area contributed by atoms with Crippen molar-refractivity contribution in [1.29, 1.82) is 0 Å². The van der Waals surface area contributed by atoms with Crippen molar-refractivity contribution in [3.05, 3.63) is 44.4 Å². The molecule has 3 rings (SSSR count). The standard InChI is InChI=1S/C18H19Cl2N3O2S/c1-10(2)7-16(24)23-6-5-14-15(9-23)26-18(21-14)22-17(25)11-3-4-12(19)13(20)8-11/h3-4,8,10H,5-7,9H2,1-2H3,(H,21,22,25). The molecule has 0 spiro atoms. The van der Waals surface area contributed by atoms with Gasteiger partial charge in [-0.3, -0.25) is 14.9 Å². The number of benzene rings is 1. The summed E-state index contributed by atoms with van der Waals surface area (Å²) in [5, 5.41) is 4.07. The molecular weight excluding hydrogens is 393 g/mol. The van der Waals surface area contributed by atoms with E-state index < -0.39 is 0 Å². The Hall–Kier alpha value is -1.63. The van der Waals surface area contributed by atoms with E-state index in [-0.39, 0.29) is 11.8 Å². The predicted molar refractivity (Wildman–Crippen MR) is 105 cm³/mol. The molecule has 0 saturated carbocycles. The lowest BCUT2D eigenvalue weighted by molar-refractivity contribution is -0.132. The first-order valence-corrected chi connectivity index (χ1v) is 9.93. The monoisotopic (exact) mass is 411 g/mol. The van der Waals surface area contributed by atoms with Crippen molar-refractivity contribution in [3.8, 4) is 0 Å². The molecule has 1 N–H and O–H groups in total. The van der Waals surface area contributed by atoms with Crippen molar-refractivity contribution in [2.24, 2.45) is 5.92 Å². The van der Waals surface area contributed by atoms with Crippen LogP contribution in [0.2, 0.25) is 10.0 Å². The molecule has 1 aliphatic heterocycles. The Morgan fingerprint density at radius 2 is 2.08 bits per heavy atom. The number of aromatic nitrogens is 1. The van der Waals surface area contributed by atoms with Gasteiger partial charge < -0.3 is 4.90 Å². The van der Waals surface area contributed by atoms with E-state index in [4.69, 9.17) is 23.2 Å². The summed E-state index contributed by atoms with van der Waals surface area (Å²) in [4.78, 5) is 32.0. The molecule has 0 fully saturated rings. The largest absolute Gasteiger partial charge is 0.337 e. The Morgan fingerprint density at radius 1 is 1.31 bits per heavy atom. The molecule has 2 amide bonds. The van der Waals surface area contributed by atoms with Crippen LogP contribution in [0.25, 0.3) is 0 Å². The van der Waals surface area contributed by atoms with Crippen LogP contribution in [0.5, 0.6) is 0 Å². The van der Waals surface area contributed by atoms with E-state index in [1.54, 1.807) is 12.1 Å². The number of amides is 2.